The SMILES string of the molecule is CCc1c(OCC(C)C)ccc(C(N)=O)c1CC. The van der Waals surface area contributed by atoms with Gasteiger partial charge in [-0.25, -0.2) is 0 Å². The summed E-state index contributed by atoms with van der Waals surface area (Å²) in [4.78, 5) is 11.4. The molecule has 0 spiro atoms. The summed E-state index contributed by atoms with van der Waals surface area (Å²) >= 11 is 0. The quantitative estimate of drug-likeness (QED) is 0.842. The summed E-state index contributed by atoms with van der Waals surface area (Å²) in [5.74, 6) is 1.00. The Bertz CT molecular complexity index is 425. The number of benzene rings is 1. The van der Waals surface area contributed by atoms with Crippen molar-refractivity contribution in [2.45, 2.75) is 40.5 Å². The first kappa shape index (κ1) is 14.6. The molecule has 0 aromatic heterocycles. The standard InChI is InChI=1S/C15H23NO2/c1-5-11-12(6-2)14(18-9-10(3)4)8-7-13(11)15(16)17/h7-8,10H,5-6,9H2,1-4H3,(H2,16,17). The van der Waals surface area contributed by atoms with Crippen LogP contribution in [0, 0.1) is 5.92 Å². The minimum Gasteiger partial charge on any atom is -0.493 e. The average Bonchev–Trinajstić information content (AvgIpc) is 2.34. The molecule has 0 aliphatic heterocycles. The first-order valence-corrected chi connectivity index (χ1v) is 6.58. The van der Waals surface area contributed by atoms with E-state index in [-0.39, 0.29) is 5.91 Å². The number of amides is 1. The topological polar surface area (TPSA) is 52.3 Å². The van der Waals surface area contributed by atoms with Crippen LogP contribution in [0.3, 0.4) is 0 Å². The number of ether oxygens (including phenoxy) is 1. The minimum atomic E-state index is -0.364. The van der Waals surface area contributed by atoms with Crippen LogP contribution in [0.4, 0.5) is 0 Å². The van der Waals surface area contributed by atoms with Crippen LogP contribution in [-0.4, -0.2) is 12.5 Å². The van der Waals surface area contributed by atoms with E-state index in [1.54, 1.807) is 6.07 Å². The van der Waals surface area contributed by atoms with E-state index in [0.29, 0.717) is 18.1 Å². The van der Waals surface area contributed by atoms with E-state index in [4.69, 9.17) is 10.5 Å². The van der Waals surface area contributed by atoms with Crippen LogP contribution in [0.2, 0.25) is 0 Å². The summed E-state index contributed by atoms with van der Waals surface area (Å²) in [5, 5.41) is 0. The van der Waals surface area contributed by atoms with Gasteiger partial charge in [0.05, 0.1) is 6.61 Å². The molecule has 0 atom stereocenters. The second-order valence-electron chi connectivity index (χ2n) is 4.84. The van der Waals surface area contributed by atoms with Crippen LogP contribution in [0.5, 0.6) is 5.75 Å². The lowest BCUT2D eigenvalue weighted by molar-refractivity contribution is 0.0999. The molecule has 1 rings (SSSR count). The molecular formula is C15H23NO2. The zero-order valence-corrected chi connectivity index (χ0v) is 11.7. The van der Waals surface area contributed by atoms with Gasteiger partial charge in [-0.05, 0) is 42.0 Å². The van der Waals surface area contributed by atoms with Crippen LogP contribution in [0.15, 0.2) is 12.1 Å². The van der Waals surface area contributed by atoms with Crippen LogP contribution in [0.1, 0.15) is 49.2 Å². The molecule has 1 aromatic rings. The van der Waals surface area contributed by atoms with Gasteiger partial charge in [-0.15, -0.1) is 0 Å². The third-order valence-corrected chi connectivity index (χ3v) is 2.93. The minimum absolute atomic E-state index is 0.364. The van der Waals surface area contributed by atoms with Gasteiger partial charge in [0.15, 0.2) is 0 Å². The van der Waals surface area contributed by atoms with Crippen molar-refractivity contribution in [1.82, 2.24) is 0 Å². The van der Waals surface area contributed by atoms with Crippen molar-refractivity contribution in [2.75, 3.05) is 6.61 Å². The summed E-state index contributed by atoms with van der Waals surface area (Å²) in [7, 11) is 0. The maximum Gasteiger partial charge on any atom is 0.248 e. The Hall–Kier alpha value is -1.51. The lowest BCUT2D eigenvalue weighted by atomic mass is 9.95. The van der Waals surface area contributed by atoms with E-state index in [1.807, 2.05) is 13.0 Å². The van der Waals surface area contributed by atoms with Crippen molar-refractivity contribution >= 4 is 5.91 Å². The second kappa shape index (κ2) is 6.43. The molecule has 18 heavy (non-hydrogen) atoms. The largest absolute Gasteiger partial charge is 0.493 e. The van der Waals surface area contributed by atoms with E-state index in [1.165, 1.54) is 0 Å². The number of nitrogens with two attached hydrogens (primary N) is 1. The molecule has 3 heteroatoms. The smallest absolute Gasteiger partial charge is 0.248 e. The highest BCUT2D eigenvalue weighted by atomic mass is 16.5. The highest BCUT2D eigenvalue weighted by molar-refractivity contribution is 5.95. The fourth-order valence-electron chi connectivity index (χ4n) is 2.09. The summed E-state index contributed by atoms with van der Waals surface area (Å²) in [6.45, 7) is 9.02. The van der Waals surface area contributed by atoms with Crippen molar-refractivity contribution in [3.05, 3.63) is 28.8 Å². The van der Waals surface area contributed by atoms with E-state index in [9.17, 15) is 4.79 Å². The number of hydrogen-bond donors (Lipinski definition) is 1. The molecule has 1 amide bonds. The number of primary amides is 1. The van der Waals surface area contributed by atoms with Crippen LogP contribution in [-0.2, 0) is 12.8 Å². The normalized spacial score (nSPS) is 10.7. The Kier molecular flexibility index (Phi) is 5.20. The Morgan fingerprint density at radius 2 is 1.83 bits per heavy atom. The van der Waals surface area contributed by atoms with Crippen LogP contribution >= 0.6 is 0 Å². The summed E-state index contributed by atoms with van der Waals surface area (Å²) < 4.78 is 5.81. The fourth-order valence-corrected chi connectivity index (χ4v) is 2.09. The molecule has 0 aliphatic rings. The van der Waals surface area contributed by atoms with Gasteiger partial charge in [0.2, 0.25) is 5.91 Å². The van der Waals surface area contributed by atoms with Gasteiger partial charge in [-0.1, -0.05) is 27.7 Å². The average molecular weight is 249 g/mol. The molecule has 3 nitrogen and oxygen atoms in total. The molecule has 0 fully saturated rings. The molecule has 0 unspecified atom stereocenters. The maximum atomic E-state index is 11.4. The van der Waals surface area contributed by atoms with Crippen molar-refractivity contribution in [1.29, 1.82) is 0 Å². The predicted molar refractivity (Wildman–Crippen MR) is 74.0 cm³/mol. The van der Waals surface area contributed by atoms with Crippen molar-refractivity contribution in [3.63, 3.8) is 0 Å². The molecule has 2 N–H and O–H groups in total. The number of hydrogen-bond acceptors (Lipinski definition) is 2. The molecule has 0 saturated carbocycles. The van der Waals surface area contributed by atoms with Crippen LogP contribution in [0.25, 0.3) is 0 Å². The third-order valence-electron chi connectivity index (χ3n) is 2.93. The Morgan fingerprint density at radius 1 is 1.22 bits per heavy atom. The van der Waals surface area contributed by atoms with E-state index in [2.05, 4.69) is 20.8 Å². The highest BCUT2D eigenvalue weighted by Gasteiger charge is 2.15. The van der Waals surface area contributed by atoms with Gasteiger partial charge in [0, 0.05) is 5.56 Å². The molecule has 0 aliphatic carbocycles. The van der Waals surface area contributed by atoms with Gasteiger partial charge in [0.25, 0.3) is 0 Å². The molecule has 100 valence electrons. The summed E-state index contributed by atoms with van der Waals surface area (Å²) in [6.07, 6.45) is 1.64. The number of rotatable bonds is 6. The van der Waals surface area contributed by atoms with E-state index >= 15 is 0 Å². The first-order valence-electron chi connectivity index (χ1n) is 6.58. The van der Waals surface area contributed by atoms with Gasteiger partial charge in [-0.2, -0.15) is 0 Å². The molecule has 1 aromatic carbocycles. The third kappa shape index (κ3) is 3.25. The zero-order valence-electron chi connectivity index (χ0n) is 11.7. The lowest BCUT2D eigenvalue weighted by Crippen LogP contribution is -2.16. The van der Waals surface area contributed by atoms with Gasteiger partial charge >= 0.3 is 0 Å². The van der Waals surface area contributed by atoms with Gasteiger partial charge in [0.1, 0.15) is 5.75 Å². The Labute approximate surface area is 109 Å². The Morgan fingerprint density at radius 3 is 2.28 bits per heavy atom. The first-order chi connectivity index (χ1) is 8.51. The highest BCUT2D eigenvalue weighted by Crippen LogP contribution is 2.27. The van der Waals surface area contributed by atoms with Gasteiger partial charge in [-0.3, -0.25) is 4.79 Å². The second-order valence-corrected chi connectivity index (χ2v) is 4.84. The van der Waals surface area contributed by atoms with Crippen molar-refractivity contribution in [3.8, 4) is 5.75 Å². The van der Waals surface area contributed by atoms with E-state index in [0.717, 1.165) is 29.7 Å². The molecule has 0 bridgehead atoms. The monoisotopic (exact) mass is 249 g/mol. The van der Waals surface area contributed by atoms with E-state index < -0.39 is 0 Å². The summed E-state index contributed by atoms with van der Waals surface area (Å²) in [6, 6.07) is 3.64. The molecular weight excluding hydrogens is 226 g/mol. The number of carbonyl (C=O) groups is 1. The summed E-state index contributed by atoms with van der Waals surface area (Å²) in [5.41, 5.74) is 8.15. The van der Waals surface area contributed by atoms with Gasteiger partial charge < -0.3 is 10.5 Å². The molecule has 0 heterocycles. The predicted octanol–water partition coefficient (Wildman–Crippen LogP) is 2.95. The zero-order chi connectivity index (χ0) is 13.7. The van der Waals surface area contributed by atoms with Crippen molar-refractivity contribution < 1.29 is 9.53 Å². The fraction of sp³-hybridized carbons (Fsp3) is 0.533. The maximum absolute atomic E-state index is 11.4. The van der Waals surface area contributed by atoms with Crippen molar-refractivity contribution in [2.24, 2.45) is 11.7 Å². The number of carbonyl (C=O) groups excluding carboxylic acids is 1. The lowest BCUT2D eigenvalue weighted by Gasteiger charge is -2.17. The van der Waals surface area contributed by atoms with Crippen LogP contribution < -0.4 is 10.5 Å². The molecule has 0 saturated heterocycles. The Balaban J connectivity index is 3.17. The molecule has 0 radical (unpaired) electrons.